The van der Waals surface area contributed by atoms with Gasteiger partial charge in [0, 0.05) is 5.69 Å². The summed E-state index contributed by atoms with van der Waals surface area (Å²) in [4.78, 5) is 4.60. The Kier molecular flexibility index (Phi) is 3.10. The molecule has 0 aliphatic rings. The number of rotatable bonds is 2. The predicted octanol–water partition coefficient (Wildman–Crippen LogP) is 4.12. The highest BCUT2D eigenvalue weighted by atomic mass is 32.1. The molecule has 3 N–H and O–H groups in total. The van der Waals surface area contributed by atoms with E-state index in [1.54, 1.807) is 23.5 Å². The van der Waals surface area contributed by atoms with Gasteiger partial charge in [-0.25, -0.2) is 4.98 Å². The van der Waals surface area contributed by atoms with E-state index in [1.165, 1.54) is 5.56 Å². The maximum Gasteiger partial charge on any atom is 0.128 e. The number of thiazole rings is 1. The van der Waals surface area contributed by atoms with E-state index in [0.29, 0.717) is 11.3 Å². The smallest absolute Gasteiger partial charge is 0.128 e. The molecule has 0 unspecified atom stereocenters. The lowest BCUT2D eigenvalue weighted by Gasteiger charge is -2.05. The van der Waals surface area contributed by atoms with Gasteiger partial charge >= 0.3 is 0 Å². The number of hydrogen-bond acceptors (Lipinski definition) is 4. The lowest BCUT2D eigenvalue weighted by atomic mass is 10.1. The minimum atomic E-state index is 0.258. The first-order valence-corrected chi connectivity index (χ1v) is 7.39. The van der Waals surface area contributed by atoms with E-state index in [-0.39, 0.29) is 5.75 Å². The number of phenolic OH excluding ortho intramolecular Hbond substituents is 1. The third kappa shape index (κ3) is 2.12. The number of aromatic hydroxyl groups is 1. The number of anilines is 1. The van der Waals surface area contributed by atoms with Crippen LogP contribution in [0.5, 0.6) is 5.75 Å². The second-order valence-electron chi connectivity index (χ2n) is 4.91. The van der Waals surface area contributed by atoms with Crippen LogP contribution in [-0.4, -0.2) is 10.1 Å². The van der Waals surface area contributed by atoms with Crippen molar-refractivity contribution < 1.29 is 5.11 Å². The Morgan fingerprint density at radius 2 is 2.05 bits per heavy atom. The van der Waals surface area contributed by atoms with Crippen LogP contribution in [0.4, 0.5) is 5.69 Å². The van der Waals surface area contributed by atoms with Gasteiger partial charge < -0.3 is 10.8 Å². The summed E-state index contributed by atoms with van der Waals surface area (Å²) in [5.41, 5.74) is 10.2. The molecule has 0 fully saturated rings. The summed E-state index contributed by atoms with van der Waals surface area (Å²) < 4.78 is 1.14. The Hall–Kier alpha value is -2.07. The average Bonchev–Trinajstić information content (AvgIpc) is 2.85. The number of phenols is 1. The quantitative estimate of drug-likeness (QED) is 0.549. The first-order valence-electron chi connectivity index (χ1n) is 6.57. The van der Waals surface area contributed by atoms with Gasteiger partial charge in [0.2, 0.25) is 0 Å². The van der Waals surface area contributed by atoms with Crippen molar-refractivity contribution in [2.45, 2.75) is 20.3 Å². The van der Waals surface area contributed by atoms with E-state index in [1.807, 2.05) is 13.0 Å². The normalized spacial score (nSPS) is 11.1. The largest absolute Gasteiger partial charge is 0.507 e. The zero-order chi connectivity index (χ0) is 14.3. The fourth-order valence-electron chi connectivity index (χ4n) is 2.27. The zero-order valence-corrected chi connectivity index (χ0v) is 12.3. The molecule has 0 spiro atoms. The highest BCUT2D eigenvalue weighted by Crippen LogP contribution is 2.38. The summed E-state index contributed by atoms with van der Waals surface area (Å²) in [6.07, 6.45) is 1.01. The molecule has 0 bridgehead atoms. The molecule has 1 aromatic heterocycles. The number of nitrogens with two attached hydrogens (primary N) is 1. The summed E-state index contributed by atoms with van der Waals surface area (Å²) in [6, 6.07) is 9.83. The standard InChI is InChI=1S/C16H16N2OS/c1-3-10-4-5-13-14(7-10)20-16(18-13)12-8-11(17)6-9(2)15(12)19/h4-8,19H,3,17H2,1-2H3. The minimum Gasteiger partial charge on any atom is -0.507 e. The van der Waals surface area contributed by atoms with Gasteiger partial charge in [0.15, 0.2) is 0 Å². The maximum absolute atomic E-state index is 10.2. The van der Waals surface area contributed by atoms with Gasteiger partial charge in [-0.3, -0.25) is 0 Å². The van der Waals surface area contributed by atoms with Gasteiger partial charge in [0.1, 0.15) is 10.8 Å². The van der Waals surface area contributed by atoms with Gasteiger partial charge in [-0.15, -0.1) is 11.3 Å². The summed E-state index contributed by atoms with van der Waals surface area (Å²) in [7, 11) is 0. The Labute approximate surface area is 121 Å². The molecule has 102 valence electrons. The topological polar surface area (TPSA) is 59.1 Å². The van der Waals surface area contributed by atoms with Crippen LogP contribution in [0.1, 0.15) is 18.1 Å². The van der Waals surface area contributed by atoms with Crippen LogP contribution in [0.2, 0.25) is 0 Å². The molecule has 0 saturated heterocycles. The van der Waals surface area contributed by atoms with Crippen LogP contribution in [0.3, 0.4) is 0 Å². The molecular weight excluding hydrogens is 268 g/mol. The molecule has 0 amide bonds. The first kappa shape index (κ1) is 12.9. The number of nitrogen functional groups attached to an aromatic ring is 1. The molecule has 2 aromatic carbocycles. The number of aryl methyl sites for hydroxylation is 2. The number of benzene rings is 2. The summed E-state index contributed by atoms with van der Waals surface area (Å²) in [5, 5.41) is 11.0. The SMILES string of the molecule is CCc1ccc2nc(-c3cc(N)cc(C)c3O)sc2c1. The van der Waals surface area contributed by atoms with Crippen molar-refractivity contribution in [1.82, 2.24) is 4.98 Å². The van der Waals surface area contributed by atoms with E-state index in [4.69, 9.17) is 5.73 Å². The molecule has 0 saturated carbocycles. The van der Waals surface area contributed by atoms with E-state index >= 15 is 0 Å². The van der Waals surface area contributed by atoms with Crippen LogP contribution in [0.15, 0.2) is 30.3 Å². The monoisotopic (exact) mass is 284 g/mol. The molecule has 1 heterocycles. The van der Waals surface area contributed by atoms with Gasteiger partial charge in [-0.05, 0) is 48.7 Å². The third-order valence-corrected chi connectivity index (χ3v) is 4.47. The van der Waals surface area contributed by atoms with Crippen LogP contribution >= 0.6 is 11.3 Å². The second kappa shape index (κ2) is 4.80. The van der Waals surface area contributed by atoms with E-state index in [2.05, 4.69) is 24.0 Å². The molecule has 20 heavy (non-hydrogen) atoms. The van der Waals surface area contributed by atoms with Crippen molar-refractivity contribution in [3.8, 4) is 16.3 Å². The molecule has 0 aliphatic heterocycles. The molecule has 0 aliphatic carbocycles. The molecule has 0 atom stereocenters. The van der Waals surface area contributed by atoms with E-state index < -0.39 is 0 Å². The fourth-order valence-corrected chi connectivity index (χ4v) is 3.32. The minimum absolute atomic E-state index is 0.258. The van der Waals surface area contributed by atoms with Gasteiger partial charge in [-0.2, -0.15) is 0 Å². The van der Waals surface area contributed by atoms with Crippen molar-refractivity contribution in [3.63, 3.8) is 0 Å². The molecular formula is C16H16N2OS. The Balaban J connectivity index is 2.20. The number of hydrogen-bond donors (Lipinski definition) is 2. The number of fused-ring (bicyclic) bond motifs is 1. The van der Waals surface area contributed by atoms with Crippen molar-refractivity contribution in [2.24, 2.45) is 0 Å². The summed E-state index contributed by atoms with van der Waals surface area (Å²) in [6.45, 7) is 3.98. The van der Waals surface area contributed by atoms with Crippen LogP contribution in [0, 0.1) is 6.92 Å². The lowest BCUT2D eigenvalue weighted by Crippen LogP contribution is -1.89. The van der Waals surface area contributed by atoms with Crippen molar-refractivity contribution in [2.75, 3.05) is 5.73 Å². The van der Waals surface area contributed by atoms with Gasteiger partial charge in [0.25, 0.3) is 0 Å². The second-order valence-corrected chi connectivity index (χ2v) is 5.94. The molecule has 3 aromatic rings. The Morgan fingerprint density at radius 3 is 2.80 bits per heavy atom. The average molecular weight is 284 g/mol. The zero-order valence-electron chi connectivity index (χ0n) is 11.5. The first-order chi connectivity index (χ1) is 9.58. The third-order valence-electron chi connectivity index (χ3n) is 3.41. The number of nitrogens with zero attached hydrogens (tertiary/aromatic N) is 1. The molecule has 3 nitrogen and oxygen atoms in total. The van der Waals surface area contributed by atoms with E-state index in [9.17, 15) is 5.11 Å². The molecule has 4 heteroatoms. The van der Waals surface area contributed by atoms with Crippen molar-refractivity contribution in [1.29, 1.82) is 0 Å². The van der Waals surface area contributed by atoms with Crippen LogP contribution < -0.4 is 5.73 Å². The summed E-state index contributed by atoms with van der Waals surface area (Å²) in [5.74, 6) is 0.258. The predicted molar refractivity (Wildman–Crippen MR) is 85.2 cm³/mol. The highest BCUT2D eigenvalue weighted by molar-refractivity contribution is 7.21. The highest BCUT2D eigenvalue weighted by Gasteiger charge is 2.13. The van der Waals surface area contributed by atoms with Gasteiger partial charge in [0.05, 0.1) is 15.8 Å². The number of aromatic nitrogens is 1. The maximum atomic E-state index is 10.2. The van der Waals surface area contributed by atoms with Crippen LogP contribution in [-0.2, 0) is 6.42 Å². The summed E-state index contributed by atoms with van der Waals surface area (Å²) >= 11 is 1.58. The van der Waals surface area contributed by atoms with Gasteiger partial charge in [-0.1, -0.05) is 13.0 Å². The Bertz CT molecular complexity index is 793. The fraction of sp³-hybridized carbons (Fsp3) is 0.188. The lowest BCUT2D eigenvalue weighted by molar-refractivity contribution is 0.473. The van der Waals surface area contributed by atoms with Crippen molar-refractivity contribution >= 4 is 27.2 Å². The van der Waals surface area contributed by atoms with E-state index in [0.717, 1.165) is 27.2 Å². The van der Waals surface area contributed by atoms with Crippen molar-refractivity contribution in [3.05, 3.63) is 41.5 Å². The van der Waals surface area contributed by atoms with Crippen LogP contribution in [0.25, 0.3) is 20.8 Å². The molecule has 0 radical (unpaired) electrons. The Morgan fingerprint density at radius 1 is 1.25 bits per heavy atom. The molecule has 3 rings (SSSR count).